The van der Waals surface area contributed by atoms with E-state index < -0.39 is 23.1 Å². The number of hydrogen-bond donors (Lipinski definition) is 2. The van der Waals surface area contributed by atoms with Crippen LogP contribution in [0, 0.1) is 6.92 Å². The van der Waals surface area contributed by atoms with Crippen molar-refractivity contribution in [2.75, 3.05) is 18.5 Å². The van der Waals surface area contributed by atoms with Gasteiger partial charge in [0.25, 0.3) is 5.91 Å². The number of ether oxygens (including phenoxy) is 2. The number of amides is 2. The third-order valence-electron chi connectivity index (χ3n) is 6.10. The van der Waals surface area contributed by atoms with Crippen LogP contribution in [0.2, 0.25) is 0 Å². The molecule has 14 heteroatoms. The normalized spacial score (nSPS) is 11.5. The zero-order valence-corrected chi connectivity index (χ0v) is 26.5. The van der Waals surface area contributed by atoms with Gasteiger partial charge in [-0.15, -0.1) is 32.9 Å². The number of carbonyl (C=O) groups is 4. The van der Waals surface area contributed by atoms with Crippen molar-refractivity contribution < 1.29 is 28.7 Å². The summed E-state index contributed by atoms with van der Waals surface area (Å²) >= 11 is 3.50. The van der Waals surface area contributed by atoms with Gasteiger partial charge < -0.3 is 24.7 Å². The molecule has 4 rings (SSSR count). The van der Waals surface area contributed by atoms with E-state index in [1.807, 2.05) is 46.3 Å². The highest BCUT2D eigenvalue weighted by Crippen LogP contribution is 2.35. The lowest BCUT2D eigenvalue weighted by Crippen LogP contribution is -2.25. The van der Waals surface area contributed by atoms with Crippen molar-refractivity contribution in [1.82, 2.24) is 20.1 Å². The zero-order chi connectivity index (χ0) is 30.9. The molecule has 0 bridgehead atoms. The monoisotopic (exact) mass is 641 g/mol. The molecule has 0 radical (unpaired) electrons. The third-order valence-corrected chi connectivity index (χ3v) is 9.24. The van der Waals surface area contributed by atoms with Gasteiger partial charge in [0, 0.05) is 0 Å². The van der Waals surface area contributed by atoms with Gasteiger partial charge in [-0.25, -0.2) is 9.59 Å². The van der Waals surface area contributed by atoms with Crippen LogP contribution in [0.15, 0.2) is 53.0 Å². The van der Waals surface area contributed by atoms with Crippen LogP contribution in [0.3, 0.4) is 0 Å². The maximum absolute atomic E-state index is 13.4. The SMILES string of the molecule is CCOC(=O)c1sc(NC(=O)[C@@H](C)Sc2nnc(CNC(=O)c3cccs3)n2Cc2ccccc2)c(C(=O)OCC)c1C. The molecule has 0 aliphatic rings. The first-order valence-corrected chi connectivity index (χ1v) is 16.0. The number of carbonyl (C=O) groups excluding carboxylic acids is 4. The number of aromatic nitrogens is 3. The van der Waals surface area contributed by atoms with Crippen LogP contribution in [-0.2, 0) is 27.4 Å². The van der Waals surface area contributed by atoms with E-state index in [1.54, 1.807) is 33.8 Å². The molecule has 1 aromatic carbocycles. The molecule has 226 valence electrons. The summed E-state index contributed by atoms with van der Waals surface area (Å²) in [6.45, 7) is 7.56. The van der Waals surface area contributed by atoms with Gasteiger partial charge in [0.05, 0.1) is 42.0 Å². The van der Waals surface area contributed by atoms with Gasteiger partial charge in [-0.2, -0.15) is 0 Å². The highest BCUT2D eigenvalue weighted by molar-refractivity contribution is 8.00. The van der Waals surface area contributed by atoms with Crippen molar-refractivity contribution in [2.45, 2.75) is 51.2 Å². The second-order valence-electron chi connectivity index (χ2n) is 9.08. The van der Waals surface area contributed by atoms with E-state index in [2.05, 4.69) is 20.8 Å². The summed E-state index contributed by atoms with van der Waals surface area (Å²) in [4.78, 5) is 52.0. The molecule has 0 aliphatic carbocycles. The molecular formula is C29H31N5O6S3. The molecule has 0 fully saturated rings. The Morgan fingerprint density at radius 2 is 1.72 bits per heavy atom. The second-order valence-corrected chi connectivity index (χ2v) is 12.4. The molecule has 43 heavy (non-hydrogen) atoms. The summed E-state index contributed by atoms with van der Waals surface area (Å²) in [5.74, 6) is -1.31. The summed E-state index contributed by atoms with van der Waals surface area (Å²) < 4.78 is 12.2. The Kier molecular flexibility index (Phi) is 11.1. The van der Waals surface area contributed by atoms with Crippen LogP contribution >= 0.6 is 34.4 Å². The zero-order valence-electron chi connectivity index (χ0n) is 24.0. The van der Waals surface area contributed by atoms with E-state index in [-0.39, 0.29) is 41.1 Å². The first-order valence-electron chi connectivity index (χ1n) is 13.5. The highest BCUT2D eigenvalue weighted by Gasteiger charge is 2.29. The van der Waals surface area contributed by atoms with Crippen molar-refractivity contribution in [3.63, 3.8) is 0 Å². The molecular weight excluding hydrogens is 611 g/mol. The minimum Gasteiger partial charge on any atom is -0.462 e. The summed E-state index contributed by atoms with van der Waals surface area (Å²) in [6.07, 6.45) is 0. The van der Waals surface area contributed by atoms with Crippen LogP contribution < -0.4 is 10.6 Å². The van der Waals surface area contributed by atoms with Gasteiger partial charge in [-0.05, 0) is 50.3 Å². The largest absolute Gasteiger partial charge is 0.462 e. The third kappa shape index (κ3) is 7.89. The van der Waals surface area contributed by atoms with Crippen LogP contribution in [0.4, 0.5) is 5.00 Å². The smallest absolute Gasteiger partial charge is 0.348 e. The van der Waals surface area contributed by atoms with Gasteiger partial charge in [0.15, 0.2) is 11.0 Å². The number of anilines is 1. The molecule has 2 amide bonds. The summed E-state index contributed by atoms with van der Waals surface area (Å²) in [7, 11) is 0. The molecule has 3 aromatic heterocycles. The predicted molar refractivity (Wildman–Crippen MR) is 166 cm³/mol. The van der Waals surface area contributed by atoms with Crippen molar-refractivity contribution in [1.29, 1.82) is 0 Å². The predicted octanol–water partition coefficient (Wildman–Crippen LogP) is 5.16. The average Bonchev–Trinajstić information content (AvgIpc) is 3.73. The Hall–Kier alpha value is -4.01. The number of esters is 2. The Bertz CT molecular complexity index is 1580. The number of rotatable bonds is 13. The number of nitrogens with one attached hydrogen (secondary N) is 2. The van der Waals surface area contributed by atoms with E-state index in [4.69, 9.17) is 9.47 Å². The molecule has 0 spiro atoms. The van der Waals surface area contributed by atoms with Gasteiger partial charge >= 0.3 is 11.9 Å². The molecule has 2 N–H and O–H groups in total. The number of nitrogens with zero attached hydrogens (tertiary/aromatic N) is 3. The van der Waals surface area contributed by atoms with Crippen molar-refractivity contribution in [3.05, 3.63) is 80.1 Å². The van der Waals surface area contributed by atoms with E-state index in [9.17, 15) is 19.2 Å². The number of thioether (sulfide) groups is 1. The lowest BCUT2D eigenvalue weighted by molar-refractivity contribution is -0.115. The highest BCUT2D eigenvalue weighted by atomic mass is 32.2. The van der Waals surface area contributed by atoms with Crippen LogP contribution in [0.1, 0.15) is 67.4 Å². The van der Waals surface area contributed by atoms with Crippen LogP contribution in [0.5, 0.6) is 0 Å². The standard InChI is InChI=1S/C29H31N5O6S3/c1-5-39-27(37)22-17(3)23(28(38)40-6-2)43-26(22)31-24(35)18(4)42-29-33-32-21(15-30-25(36)20-13-10-14-41-20)34(29)16-19-11-8-7-9-12-19/h7-14,18H,5-6,15-16H2,1-4H3,(H,30,36)(H,31,35)/t18-/m1/s1. The Morgan fingerprint density at radius 3 is 2.40 bits per heavy atom. The van der Waals surface area contributed by atoms with E-state index in [0.29, 0.717) is 28.0 Å². The quantitative estimate of drug-likeness (QED) is 0.150. The van der Waals surface area contributed by atoms with E-state index in [0.717, 1.165) is 16.9 Å². The first kappa shape index (κ1) is 31.9. The number of benzene rings is 1. The molecule has 0 aliphatic heterocycles. The fourth-order valence-corrected chi connectivity index (χ4v) is 6.58. The van der Waals surface area contributed by atoms with E-state index in [1.165, 1.54) is 23.1 Å². The van der Waals surface area contributed by atoms with Crippen molar-refractivity contribution in [3.8, 4) is 0 Å². The molecule has 0 saturated carbocycles. The number of thiophene rings is 2. The Morgan fingerprint density at radius 1 is 1.00 bits per heavy atom. The maximum atomic E-state index is 13.4. The average molecular weight is 642 g/mol. The molecule has 0 unspecified atom stereocenters. The fraction of sp³-hybridized carbons (Fsp3) is 0.310. The Labute approximate surface area is 261 Å². The summed E-state index contributed by atoms with van der Waals surface area (Å²) in [5.41, 5.74) is 1.50. The van der Waals surface area contributed by atoms with Crippen LogP contribution in [0.25, 0.3) is 0 Å². The fourth-order valence-electron chi connectivity index (χ4n) is 3.98. The second kappa shape index (κ2) is 14.9. The van der Waals surface area contributed by atoms with Crippen molar-refractivity contribution in [2.24, 2.45) is 0 Å². The minimum absolute atomic E-state index is 0.122. The van der Waals surface area contributed by atoms with Gasteiger partial charge in [-0.1, -0.05) is 48.2 Å². The van der Waals surface area contributed by atoms with Gasteiger partial charge in [-0.3, -0.25) is 9.59 Å². The summed E-state index contributed by atoms with van der Waals surface area (Å²) in [5, 5.41) is 16.2. The van der Waals surface area contributed by atoms with Gasteiger partial charge in [0.2, 0.25) is 5.91 Å². The summed E-state index contributed by atoms with van der Waals surface area (Å²) in [6, 6.07) is 13.3. The van der Waals surface area contributed by atoms with E-state index >= 15 is 0 Å². The maximum Gasteiger partial charge on any atom is 0.348 e. The molecule has 3 heterocycles. The Balaban J connectivity index is 1.55. The molecule has 1 atom stereocenters. The number of hydrogen-bond acceptors (Lipinski definition) is 11. The minimum atomic E-state index is -0.671. The first-order chi connectivity index (χ1) is 20.7. The lowest BCUT2D eigenvalue weighted by atomic mass is 10.1. The molecule has 11 nitrogen and oxygen atoms in total. The van der Waals surface area contributed by atoms with Crippen LogP contribution in [-0.4, -0.2) is 57.0 Å². The molecule has 4 aromatic rings. The van der Waals surface area contributed by atoms with Crippen molar-refractivity contribution >= 4 is 63.2 Å². The van der Waals surface area contributed by atoms with Gasteiger partial charge in [0.1, 0.15) is 9.88 Å². The lowest BCUT2D eigenvalue weighted by Gasteiger charge is -2.14. The molecule has 0 saturated heterocycles. The topological polar surface area (TPSA) is 142 Å².